The molecule has 0 aliphatic rings. The number of methoxy groups -OCH3 is 1. The van der Waals surface area contributed by atoms with E-state index >= 15 is 0 Å². The largest absolute Gasteiger partial charge is 0.496 e. The highest BCUT2D eigenvalue weighted by Crippen LogP contribution is 2.20. The number of likely N-dealkylation sites (N-methyl/N-ethyl adjacent to an activating group) is 1. The maximum absolute atomic E-state index is 11.1. The normalized spacial score (nSPS) is 12.5. The zero-order chi connectivity index (χ0) is 12.1. The summed E-state index contributed by atoms with van der Waals surface area (Å²) < 4.78 is 5.19. The molecule has 4 nitrogen and oxygen atoms in total. The summed E-state index contributed by atoms with van der Waals surface area (Å²) in [6.45, 7) is 0. The van der Waals surface area contributed by atoms with E-state index in [-0.39, 0.29) is 0 Å². The molecule has 0 radical (unpaired) electrons. The van der Waals surface area contributed by atoms with Gasteiger partial charge in [-0.3, -0.25) is 9.69 Å². The van der Waals surface area contributed by atoms with Crippen LogP contribution in [-0.2, 0) is 11.2 Å². The summed E-state index contributed by atoms with van der Waals surface area (Å²) in [4.78, 5) is 12.8. The summed E-state index contributed by atoms with van der Waals surface area (Å²) in [5, 5.41) is 9.09. The Bertz CT molecular complexity index is 363. The van der Waals surface area contributed by atoms with Crippen molar-refractivity contribution < 1.29 is 14.6 Å². The lowest BCUT2D eigenvalue weighted by Crippen LogP contribution is -2.37. The van der Waals surface area contributed by atoms with E-state index in [0.717, 1.165) is 11.3 Å². The predicted molar refractivity (Wildman–Crippen MR) is 61.8 cm³/mol. The van der Waals surface area contributed by atoms with Crippen LogP contribution in [-0.4, -0.2) is 43.2 Å². The minimum absolute atomic E-state index is 0.437. The highest BCUT2D eigenvalue weighted by atomic mass is 16.5. The summed E-state index contributed by atoms with van der Waals surface area (Å²) in [6, 6.07) is 6.94. The monoisotopic (exact) mass is 223 g/mol. The summed E-state index contributed by atoms with van der Waals surface area (Å²) in [5.74, 6) is -0.0912. The molecule has 88 valence electrons. The van der Waals surface area contributed by atoms with Crippen LogP contribution < -0.4 is 4.74 Å². The fourth-order valence-electron chi connectivity index (χ4n) is 1.57. The van der Waals surface area contributed by atoms with Gasteiger partial charge in [0.05, 0.1) is 7.11 Å². The molecule has 16 heavy (non-hydrogen) atoms. The van der Waals surface area contributed by atoms with Crippen LogP contribution in [0.3, 0.4) is 0 Å². The highest BCUT2D eigenvalue weighted by molar-refractivity contribution is 5.74. The lowest BCUT2D eigenvalue weighted by molar-refractivity contribution is -0.142. The average Bonchev–Trinajstić information content (AvgIpc) is 2.25. The van der Waals surface area contributed by atoms with Gasteiger partial charge in [-0.25, -0.2) is 0 Å². The van der Waals surface area contributed by atoms with E-state index in [4.69, 9.17) is 9.84 Å². The number of rotatable bonds is 5. The molecule has 0 aliphatic carbocycles. The predicted octanol–water partition coefficient (Wildman–Crippen LogP) is 1.25. The van der Waals surface area contributed by atoms with Gasteiger partial charge in [0.1, 0.15) is 11.8 Å². The van der Waals surface area contributed by atoms with Crippen LogP contribution in [0.2, 0.25) is 0 Å². The number of para-hydroxylation sites is 1. The molecule has 0 aliphatic heterocycles. The number of hydrogen-bond donors (Lipinski definition) is 1. The van der Waals surface area contributed by atoms with Crippen molar-refractivity contribution in [1.82, 2.24) is 4.90 Å². The van der Waals surface area contributed by atoms with Crippen molar-refractivity contribution in [1.29, 1.82) is 0 Å². The molecule has 1 atom stereocenters. The van der Waals surface area contributed by atoms with Crippen molar-refractivity contribution in [3.8, 4) is 5.75 Å². The Morgan fingerprint density at radius 2 is 2.06 bits per heavy atom. The van der Waals surface area contributed by atoms with Crippen LogP contribution >= 0.6 is 0 Å². The third-order valence-electron chi connectivity index (χ3n) is 2.51. The zero-order valence-corrected chi connectivity index (χ0v) is 9.80. The molecular weight excluding hydrogens is 206 g/mol. The molecule has 1 N–H and O–H groups in total. The van der Waals surface area contributed by atoms with E-state index in [0.29, 0.717) is 6.42 Å². The lowest BCUT2D eigenvalue weighted by atomic mass is 10.0. The van der Waals surface area contributed by atoms with E-state index in [2.05, 4.69) is 0 Å². The number of ether oxygens (including phenoxy) is 1. The third kappa shape index (κ3) is 2.97. The smallest absolute Gasteiger partial charge is 0.321 e. The summed E-state index contributed by atoms with van der Waals surface area (Å²) >= 11 is 0. The Hall–Kier alpha value is -1.55. The zero-order valence-electron chi connectivity index (χ0n) is 9.80. The first-order valence-corrected chi connectivity index (χ1v) is 5.07. The van der Waals surface area contributed by atoms with Crippen LogP contribution in [0.15, 0.2) is 24.3 Å². The van der Waals surface area contributed by atoms with Gasteiger partial charge in [-0.1, -0.05) is 18.2 Å². The Balaban J connectivity index is 2.89. The Labute approximate surface area is 95.5 Å². The van der Waals surface area contributed by atoms with Crippen LogP contribution in [0.25, 0.3) is 0 Å². The standard InChI is InChI=1S/C12H17NO3/c1-13(2)10(12(14)15)8-9-6-4-5-7-11(9)16-3/h4-7,10H,8H2,1-3H3,(H,14,15)/t10-/m0/s1. The van der Waals surface area contributed by atoms with Gasteiger partial charge in [-0.15, -0.1) is 0 Å². The number of carbonyl (C=O) groups is 1. The van der Waals surface area contributed by atoms with Gasteiger partial charge in [0.25, 0.3) is 0 Å². The fraction of sp³-hybridized carbons (Fsp3) is 0.417. The Kier molecular flexibility index (Phi) is 4.31. The number of benzene rings is 1. The average molecular weight is 223 g/mol. The van der Waals surface area contributed by atoms with Crippen molar-refractivity contribution in [2.75, 3.05) is 21.2 Å². The van der Waals surface area contributed by atoms with E-state index in [1.807, 2.05) is 24.3 Å². The quantitative estimate of drug-likeness (QED) is 0.816. The van der Waals surface area contributed by atoms with Crippen LogP contribution in [0, 0.1) is 0 Å². The van der Waals surface area contributed by atoms with Crippen molar-refractivity contribution >= 4 is 5.97 Å². The lowest BCUT2D eigenvalue weighted by Gasteiger charge is -2.20. The van der Waals surface area contributed by atoms with Gasteiger partial charge in [0.15, 0.2) is 0 Å². The molecular formula is C12H17NO3. The Morgan fingerprint density at radius 1 is 1.44 bits per heavy atom. The molecule has 0 bridgehead atoms. The molecule has 0 fully saturated rings. The van der Waals surface area contributed by atoms with Gasteiger partial charge in [-0.05, 0) is 25.7 Å². The molecule has 0 heterocycles. The number of carboxylic acid groups (broad SMARTS) is 1. The molecule has 0 saturated heterocycles. The molecule has 0 spiro atoms. The second kappa shape index (κ2) is 5.51. The minimum Gasteiger partial charge on any atom is -0.496 e. The number of nitrogens with zero attached hydrogens (tertiary/aromatic N) is 1. The minimum atomic E-state index is -0.823. The molecule has 1 aromatic carbocycles. The molecule has 1 aromatic rings. The van der Waals surface area contributed by atoms with Crippen molar-refractivity contribution in [2.24, 2.45) is 0 Å². The van der Waals surface area contributed by atoms with Crippen molar-refractivity contribution in [3.63, 3.8) is 0 Å². The van der Waals surface area contributed by atoms with Gasteiger partial charge < -0.3 is 9.84 Å². The first kappa shape index (κ1) is 12.5. The van der Waals surface area contributed by atoms with Crippen LogP contribution in [0.5, 0.6) is 5.75 Å². The van der Waals surface area contributed by atoms with Crippen LogP contribution in [0.1, 0.15) is 5.56 Å². The second-order valence-electron chi connectivity index (χ2n) is 3.83. The van der Waals surface area contributed by atoms with Crippen LogP contribution in [0.4, 0.5) is 0 Å². The van der Waals surface area contributed by atoms with E-state index < -0.39 is 12.0 Å². The number of hydrogen-bond acceptors (Lipinski definition) is 3. The number of carboxylic acids is 1. The third-order valence-corrected chi connectivity index (χ3v) is 2.51. The van der Waals surface area contributed by atoms with Gasteiger partial charge >= 0.3 is 5.97 Å². The summed E-state index contributed by atoms with van der Waals surface area (Å²) in [6.07, 6.45) is 0.437. The maximum atomic E-state index is 11.1. The van der Waals surface area contributed by atoms with Crippen molar-refractivity contribution in [2.45, 2.75) is 12.5 Å². The molecule has 0 aromatic heterocycles. The van der Waals surface area contributed by atoms with Gasteiger partial charge in [0, 0.05) is 6.42 Å². The molecule has 1 rings (SSSR count). The van der Waals surface area contributed by atoms with E-state index in [9.17, 15) is 4.79 Å². The second-order valence-corrected chi connectivity index (χ2v) is 3.83. The van der Waals surface area contributed by atoms with E-state index in [1.165, 1.54) is 0 Å². The van der Waals surface area contributed by atoms with Crippen molar-refractivity contribution in [3.05, 3.63) is 29.8 Å². The maximum Gasteiger partial charge on any atom is 0.321 e. The fourth-order valence-corrected chi connectivity index (χ4v) is 1.57. The summed E-state index contributed by atoms with van der Waals surface area (Å²) in [5.41, 5.74) is 0.908. The SMILES string of the molecule is COc1ccccc1C[C@@H](C(=O)O)N(C)C. The molecule has 0 saturated carbocycles. The Morgan fingerprint density at radius 3 is 2.56 bits per heavy atom. The summed E-state index contributed by atoms with van der Waals surface area (Å²) in [7, 11) is 5.10. The number of aliphatic carboxylic acids is 1. The molecule has 4 heteroatoms. The molecule has 0 unspecified atom stereocenters. The van der Waals surface area contributed by atoms with Gasteiger partial charge in [0.2, 0.25) is 0 Å². The first-order valence-electron chi connectivity index (χ1n) is 5.07. The molecule has 0 amide bonds. The van der Waals surface area contributed by atoms with E-state index in [1.54, 1.807) is 26.1 Å². The topological polar surface area (TPSA) is 49.8 Å². The first-order chi connectivity index (χ1) is 7.56. The van der Waals surface area contributed by atoms with Gasteiger partial charge in [-0.2, -0.15) is 0 Å². The highest BCUT2D eigenvalue weighted by Gasteiger charge is 2.21.